The van der Waals surface area contributed by atoms with E-state index in [1.807, 2.05) is 0 Å². The van der Waals surface area contributed by atoms with Crippen LogP contribution in [-0.2, 0) is 4.74 Å². The smallest absolute Gasteiger partial charge is 0.0760 e. The number of rotatable bonds is 4. The molecular formula is C11H22N2O. The second kappa shape index (κ2) is 4.17. The molecule has 3 heteroatoms. The lowest BCUT2D eigenvalue weighted by molar-refractivity contribution is -0.111. The van der Waals surface area contributed by atoms with Gasteiger partial charge in [0.25, 0.3) is 0 Å². The molecule has 2 aliphatic rings. The van der Waals surface area contributed by atoms with Crippen LogP contribution in [0.1, 0.15) is 26.7 Å². The lowest BCUT2D eigenvalue weighted by Gasteiger charge is -2.54. The number of nitrogens with zero attached hydrogens (tertiary/aromatic N) is 1. The molecule has 82 valence electrons. The highest BCUT2D eigenvalue weighted by Crippen LogP contribution is 2.33. The van der Waals surface area contributed by atoms with E-state index in [9.17, 15) is 0 Å². The predicted octanol–water partition coefficient (Wildman–Crippen LogP) is 0.833. The summed E-state index contributed by atoms with van der Waals surface area (Å²) in [5.74, 6) is 0.907. The van der Waals surface area contributed by atoms with E-state index >= 15 is 0 Å². The topological polar surface area (TPSA) is 38.5 Å². The van der Waals surface area contributed by atoms with Gasteiger partial charge >= 0.3 is 0 Å². The highest BCUT2D eigenvalue weighted by atomic mass is 16.5. The third-order valence-electron chi connectivity index (χ3n) is 3.69. The fourth-order valence-corrected chi connectivity index (χ4v) is 2.63. The third kappa shape index (κ3) is 1.69. The molecule has 0 radical (unpaired) electrons. The molecule has 2 rings (SSSR count). The van der Waals surface area contributed by atoms with Crippen molar-refractivity contribution in [3.05, 3.63) is 0 Å². The Hall–Kier alpha value is -0.120. The summed E-state index contributed by atoms with van der Waals surface area (Å²) in [6.45, 7) is 7.62. The van der Waals surface area contributed by atoms with Crippen LogP contribution >= 0.6 is 0 Å². The van der Waals surface area contributed by atoms with Gasteiger partial charge in [0.2, 0.25) is 0 Å². The lowest BCUT2D eigenvalue weighted by atomic mass is 9.79. The van der Waals surface area contributed by atoms with Gasteiger partial charge in [-0.25, -0.2) is 0 Å². The molecule has 3 atom stereocenters. The van der Waals surface area contributed by atoms with Crippen molar-refractivity contribution in [1.82, 2.24) is 4.90 Å². The quantitative estimate of drug-likeness (QED) is 0.727. The molecule has 1 aliphatic heterocycles. The summed E-state index contributed by atoms with van der Waals surface area (Å²) in [4.78, 5) is 2.50. The Balaban J connectivity index is 1.79. The highest BCUT2D eigenvalue weighted by Gasteiger charge is 2.46. The predicted molar refractivity (Wildman–Crippen MR) is 57.1 cm³/mol. The number of likely N-dealkylation sites (tertiary alicyclic amines) is 1. The van der Waals surface area contributed by atoms with E-state index in [0.717, 1.165) is 18.9 Å². The molecule has 1 saturated heterocycles. The van der Waals surface area contributed by atoms with Gasteiger partial charge in [-0.05, 0) is 19.3 Å². The first-order valence-corrected chi connectivity index (χ1v) is 5.87. The Morgan fingerprint density at radius 1 is 1.36 bits per heavy atom. The maximum Gasteiger partial charge on any atom is 0.0760 e. The normalized spacial score (nSPS) is 39.2. The molecule has 0 aromatic rings. The van der Waals surface area contributed by atoms with Crippen molar-refractivity contribution in [3.63, 3.8) is 0 Å². The summed E-state index contributed by atoms with van der Waals surface area (Å²) >= 11 is 0. The highest BCUT2D eigenvalue weighted by molar-refractivity contribution is 5.03. The van der Waals surface area contributed by atoms with E-state index < -0.39 is 0 Å². The molecule has 1 saturated carbocycles. The largest absolute Gasteiger partial charge is 0.377 e. The molecule has 0 aromatic carbocycles. The minimum atomic E-state index is 0.351. The van der Waals surface area contributed by atoms with E-state index in [2.05, 4.69) is 18.7 Å². The van der Waals surface area contributed by atoms with Crippen LogP contribution in [0.25, 0.3) is 0 Å². The minimum absolute atomic E-state index is 0.351. The summed E-state index contributed by atoms with van der Waals surface area (Å²) in [6.07, 6.45) is 2.76. The molecule has 3 nitrogen and oxygen atoms in total. The zero-order valence-electron chi connectivity index (χ0n) is 9.28. The van der Waals surface area contributed by atoms with E-state index in [1.165, 1.54) is 19.5 Å². The van der Waals surface area contributed by atoms with Gasteiger partial charge in [-0.1, -0.05) is 13.3 Å². The van der Waals surface area contributed by atoms with Crippen molar-refractivity contribution in [2.24, 2.45) is 11.7 Å². The van der Waals surface area contributed by atoms with Crippen molar-refractivity contribution in [1.29, 1.82) is 0 Å². The van der Waals surface area contributed by atoms with Crippen LogP contribution in [0.4, 0.5) is 0 Å². The van der Waals surface area contributed by atoms with Crippen molar-refractivity contribution >= 4 is 0 Å². The number of ether oxygens (including phenoxy) is 1. The Morgan fingerprint density at radius 3 is 2.57 bits per heavy atom. The van der Waals surface area contributed by atoms with E-state index in [1.54, 1.807) is 0 Å². The van der Waals surface area contributed by atoms with Crippen molar-refractivity contribution in [2.75, 3.05) is 19.7 Å². The molecule has 1 heterocycles. The number of hydrogen-bond acceptors (Lipinski definition) is 3. The lowest BCUT2D eigenvalue weighted by Crippen LogP contribution is -2.69. The maximum atomic E-state index is 6.02. The third-order valence-corrected chi connectivity index (χ3v) is 3.69. The fourth-order valence-electron chi connectivity index (χ4n) is 2.63. The number of hydrogen-bond donors (Lipinski definition) is 1. The minimum Gasteiger partial charge on any atom is -0.377 e. The summed E-state index contributed by atoms with van der Waals surface area (Å²) < 4.78 is 5.66. The van der Waals surface area contributed by atoms with Gasteiger partial charge in [0.05, 0.1) is 12.1 Å². The summed E-state index contributed by atoms with van der Waals surface area (Å²) in [5.41, 5.74) is 6.02. The second-order valence-electron chi connectivity index (χ2n) is 4.61. The van der Waals surface area contributed by atoms with Gasteiger partial charge in [0.1, 0.15) is 0 Å². The second-order valence-corrected chi connectivity index (χ2v) is 4.61. The van der Waals surface area contributed by atoms with Crippen LogP contribution in [-0.4, -0.2) is 42.8 Å². The zero-order valence-corrected chi connectivity index (χ0v) is 9.28. The Bertz CT molecular complexity index is 190. The SMILES string of the molecule is CCOC1CC(N)C1N1CC(CC)C1. The van der Waals surface area contributed by atoms with Gasteiger partial charge in [-0.15, -0.1) is 0 Å². The van der Waals surface area contributed by atoms with Gasteiger partial charge < -0.3 is 10.5 Å². The summed E-state index contributed by atoms with van der Waals surface area (Å²) in [7, 11) is 0. The molecule has 0 spiro atoms. The van der Waals surface area contributed by atoms with Gasteiger partial charge in [-0.3, -0.25) is 4.90 Å². The van der Waals surface area contributed by atoms with Crippen molar-refractivity contribution in [3.8, 4) is 0 Å². The molecule has 0 aromatic heterocycles. The molecule has 2 N–H and O–H groups in total. The van der Waals surface area contributed by atoms with Crippen molar-refractivity contribution in [2.45, 2.75) is 44.9 Å². The molecule has 0 amide bonds. The fraction of sp³-hybridized carbons (Fsp3) is 1.00. The van der Waals surface area contributed by atoms with Crippen LogP contribution in [0.5, 0.6) is 0 Å². The van der Waals surface area contributed by atoms with Crippen LogP contribution in [0.15, 0.2) is 0 Å². The monoisotopic (exact) mass is 198 g/mol. The summed E-state index contributed by atoms with van der Waals surface area (Å²) in [5, 5.41) is 0. The first kappa shape index (κ1) is 10.4. The molecule has 1 aliphatic carbocycles. The molecule has 14 heavy (non-hydrogen) atoms. The van der Waals surface area contributed by atoms with E-state index in [0.29, 0.717) is 18.2 Å². The van der Waals surface area contributed by atoms with Gasteiger partial charge in [0.15, 0.2) is 0 Å². The van der Waals surface area contributed by atoms with Crippen LogP contribution in [0.2, 0.25) is 0 Å². The number of nitrogens with two attached hydrogens (primary N) is 1. The van der Waals surface area contributed by atoms with Crippen LogP contribution < -0.4 is 5.73 Å². The van der Waals surface area contributed by atoms with E-state index in [-0.39, 0.29) is 0 Å². The molecular weight excluding hydrogens is 176 g/mol. The Kier molecular flexibility index (Phi) is 3.10. The Labute approximate surface area is 86.6 Å². The first-order valence-electron chi connectivity index (χ1n) is 5.87. The molecule has 2 fully saturated rings. The van der Waals surface area contributed by atoms with Crippen LogP contribution in [0.3, 0.4) is 0 Å². The average Bonchev–Trinajstić information content (AvgIpc) is 2.10. The summed E-state index contributed by atoms with van der Waals surface area (Å²) in [6, 6.07) is 0.863. The maximum absolute atomic E-state index is 6.02. The van der Waals surface area contributed by atoms with Crippen molar-refractivity contribution < 1.29 is 4.74 Å². The Morgan fingerprint density at radius 2 is 2.07 bits per heavy atom. The first-order chi connectivity index (χ1) is 6.76. The molecule has 3 unspecified atom stereocenters. The van der Waals surface area contributed by atoms with Crippen LogP contribution in [0, 0.1) is 5.92 Å². The van der Waals surface area contributed by atoms with E-state index in [4.69, 9.17) is 10.5 Å². The average molecular weight is 198 g/mol. The standard InChI is InChI=1S/C11H22N2O/c1-3-8-6-13(7-8)11-9(12)5-10(11)14-4-2/h8-11H,3-7,12H2,1-2H3. The van der Waals surface area contributed by atoms with Gasteiger partial charge in [0, 0.05) is 25.7 Å². The zero-order chi connectivity index (χ0) is 10.1. The van der Waals surface area contributed by atoms with Gasteiger partial charge in [-0.2, -0.15) is 0 Å². The molecule has 0 bridgehead atoms.